The van der Waals surface area contributed by atoms with E-state index in [4.69, 9.17) is 23.2 Å². The fourth-order valence-corrected chi connectivity index (χ4v) is 4.42. The van der Waals surface area contributed by atoms with Crippen LogP contribution in [0.3, 0.4) is 0 Å². The smallest absolute Gasteiger partial charge is 0.269 e. The van der Waals surface area contributed by atoms with Gasteiger partial charge in [-0.05, 0) is 36.1 Å². The first-order valence-corrected chi connectivity index (χ1v) is 8.47. The number of non-ortho nitro benzene ring substituents is 1. The molecule has 24 heavy (non-hydrogen) atoms. The van der Waals surface area contributed by atoms with Crippen molar-refractivity contribution >= 4 is 34.6 Å². The summed E-state index contributed by atoms with van der Waals surface area (Å²) in [4.78, 5) is 10.7. The van der Waals surface area contributed by atoms with E-state index >= 15 is 0 Å². The zero-order valence-electron chi connectivity index (χ0n) is 12.6. The van der Waals surface area contributed by atoms with E-state index in [0.717, 1.165) is 23.2 Å². The number of hydrogen-bond donors (Lipinski definition) is 1. The molecular formula is C18H14Cl2N2O2. The molecule has 1 aliphatic heterocycles. The van der Waals surface area contributed by atoms with Crippen molar-refractivity contribution in [1.29, 1.82) is 0 Å². The van der Waals surface area contributed by atoms with E-state index in [2.05, 4.69) is 17.5 Å². The Balaban J connectivity index is 1.83. The molecule has 2 aromatic rings. The van der Waals surface area contributed by atoms with Gasteiger partial charge >= 0.3 is 0 Å². The first-order chi connectivity index (χ1) is 11.6. The molecule has 0 bridgehead atoms. The Morgan fingerprint density at radius 1 is 1.17 bits per heavy atom. The zero-order chi connectivity index (χ0) is 16.8. The number of benzene rings is 2. The summed E-state index contributed by atoms with van der Waals surface area (Å²) >= 11 is 12.8. The Hall–Kier alpha value is -2.04. The van der Waals surface area contributed by atoms with E-state index in [-0.39, 0.29) is 28.5 Å². The number of anilines is 1. The number of nitro benzene ring substituents is 1. The van der Waals surface area contributed by atoms with Gasteiger partial charge < -0.3 is 5.32 Å². The normalized spacial score (nSPS) is 24.2. The van der Waals surface area contributed by atoms with Crippen molar-refractivity contribution in [2.75, 3.05) is 5.32 Å². The Kier molecular flexibility index (Phi) is 3.74. The molecule has 0 saturated heterocycles. The third-order valence-corrected chi connectivity index (χ3v) is 5.53. The lowest BCUT2D eigenvalue weighted by Gasteiger charge is -2.38. The van der Waals surface area contributed by atoms with E-state index in [1.54, 1.807) is 12.1 Å². The second kappa shape index (κ2) is 5.80. The summed E-state index contributed by atoms with van der Waals surface area (Å²) in [5.41, 5.74) is 2.86. The van der Waals surface area contributed by atoms with Crippen molar-refractivity contribution in [1.82, 2.24) is 0 Å². The molecule has 1 aliphatic carbocycles. The highest BCUT2D eigenvalue weighted by molar-refractivity contribution is 6.36. The minimum atomic E-state index is -0.356. The third kappa shape index (κ3) is 2.38. The van der Waals surface area contributed by atoms with Gasteiger partial charge in [-0.1, -0.05) is 41.4 Å². The number of fused-ring (bicyclic) bond motifs is 3. The second-order valence-electron chi connectivity index (χ2n) is 6.14. The van der Waals surface area contributed by atoms with Gasteiger partial charge in [-0.25, -0.2) is 0 Å². The molecule has 0 radical (unpaired) electrons. The summed E-state index contributed by atoms with van der Waals surface area (Å²) in [6.45, 7) is 0. The van der Waals surface area contributed by atoms with Crippen molar-refractivity contribution in [3.63, 3.8) is 0 Å². The number of nitrogens with one attached hydrogen (secondary N) is 1. The second-order valence-corrected chi connectivity index (χ2v) is 6.95. The van der Waals surface area contributed by atoms with Crippen molar-refractivity contribution in [3.05, 3.63) is 79.8 Å². The molecule has 4 nitrogen and oxygen atoms in total. The lowest BCUT2D eigenvalue weighted by Crippen LogP contribution is -2.29. The van der Waals surface area contributed by atoms with Crippen LogP contribution in [0.5, 0.6) is 0 Å². The molecule has 0 amide bonds. The van der Waals surface area contributed by atoms with E-state index in [1.165, 1.54) is 6.07 Å². The minimum Gasteiger partial charge on any atom is -0.378 e. The lowest BCUT2D eigenvalue weighted by atomic mass is 9.77. The molecule has 1 N–H and O–H groups in total. The van der Waals surface area contributed by atoms with Gasteiger partial charge in [-0.15, -0.1) is 0 Å². The van der Waals surface area contributed by atoms with E-state index < -0.39 is 0 Å². The van der Waals surface area contributed by atoms with Crippen LogP contribution < -0.4 is 5.32 Å². The Labute approximate surface area is 149 Å². The molecule has 0 aromatic heterocycles. The highest BCUT2D eigenvalue weighted by atomic mass is 35.5. The van der Waals surface area contributed by atoms with Crippen molar-refractivity contribution in [2.24, 2.45) is 5.92 Å². The minimum absolute atomic E-state index is 0.0276. The molecule has 3 atom stereocenters. The van der Waals surface area contributed by atoms with Gasteiger partial charge in [0.25, 0.3) is 5.69 Å². The molecule has 0 spiro atoms. The maximum Gasteiger partial charge on any atom is 0.269 e. The predicted molar refractivity (Wildman–Crippen MR) is 95.9 cm³/mol. The summed E-state index contributed by atoms with van der Waals surface area (Å²) < 4.78 is 0. The van der Waals surface area contributed by atoms with Gasteiger partial charge in [0, 0.05) is 39.3 Å². The Morgan fingerprint density at radius 3 is 2.62 bits per heavy atom. The van der Waals surface area contributed by atoms with Gasteiger partial charge in [0.2, 0.25) is 0 Å². The van der Waals surface area contributed by atoms with E-state index in [0.29, 0.717) is 10.0 Å². The Bertz CT molecular complexity index is 846. The number of nitrogens with zero attached hydrogens (tertiary/aromatic N) is 1. The number of allylic oxidation sites excluding steroid dienone is 2. The summed E-state index contributed by atoms with van der Waals surface area (Å²) in [7, 11) is 0. The first-order valence-electron chi connectivity index (χ1n) is 7.71. The van der Waals surface area contributed by atoms with Crippen molar-refractivity contribution in [3.8, 4) is 0 Å². The average molecular weight is 361 g/mol. The number of halogens is 2. The fourth-order valence-electron chi connectivity index (χ4n) is 3.79. The largest absolute Gasteiger partial charge is 0.378 e. The van der Waals surface area contributed by atoms with Gasteiger partial charge in [0.15, 0.2) is 0 Å². The van der Waals surface area contributed by atoms with Crippen molar-refractivity contribution in [2.45, 2.75) is 18.4 Å². The lowest BCUT2D eigenvalue weighted by molar-refractivity contribution is -0.384. The zero-order valence-corrected chi connectivity index (χ0v) is 14.1. The monoisotopic (exact) mass is 360 g/mol. The maximum absolute atomic E-state index is 11.1. The average Bonchev–Trinajstić information content (AvgIpc) is 3.04. The first kappa shape index (κ1) is 15.5. The standard InChI is InChI=1S/C18H14Cl2N2O2/c19-14-5-2-6-15(20)17(14)18-12-4-1-3-11(12)13-9-10(22(23)24)7-8-16(13)21-18/h1-3,5-9,11-12,18,21H,4H2. The van der Waals surface area contributed by atoms with Crippen LogP contribution in [0, 0.1) is 16.0 Å². The third-order valence-electron chi connectivity index (χ3n) is 4.87. The molecule has 3 unspecified atom stereocenters. The summed E-state index contributed by atoms with van der Waals surface area (Å²) in [5.74, 6) is 0.357. The van der Waals surface area contributed by atoms with Crippen LogP contribution in [-0.4, -0.2) is 4.92 Å². The van der Waals surface area contributed by atoms with Crippen LogP contribution in [0.15, 0.2) is 48.6 Å². The molecule has 0 fully saturated rings. The molecule has 122 valence electrons. The highest BCUT2D eigenvalue weighted by Crippen LogP contribution is 2.52. The number of nitro groups is 1. The van der Waals surface area contributed by atoms with Crippen LogP contribution in [0.1, 0.15) is 29.5 Å². The maximum atomic E-state index is 11.1. The fraction of sp³-hybridized carbons (Fsp3) is 0.222. The Morgan fingerprint density at radius 2 is 1.92 bits per heavy atom. The van der Waals surface area contributed by atoms with Gasteiger partial charge in [-0.2, -0.15) is 0 Å². The SMILES string of the molecule is O=[N+]([O-])c1ccc2c(c1)C1C=CCC1C(c1c(Cl)cccc1Cl)N2. The number of hydrogen-bond acceptors (Lipinski definition) is 3. The molecule has 6 heteroatoms. The molecule has 2 aromatic carbocycles. The molecule has 2 aliphatic rings. The number of rotatable bonds is 2. The summed E-state index contributed by atoms with van der Waals surface area (Å²) in [5, 5.41) is 15.9. The predicted octanol–water partition coefficient (Wildman–Crippen LogP) is 5.73. The topological polar surface area (TPSA) is 55.2 Å². The summed E-state index contributed by atoms with van der Waals surface area (Å²) in [6.07, 6.45) is 5.14. The summed E-state index contributed by atoms with van der Waals surface area (Å²) in [6, 6.07) is 10.4. The van der Waals surface area contributed by atoms with Crippen LogP contribution >= 0.6 is 23.2 Å². The molecule has 1 heterocycles. The van der Waals surface area contributed by atoms with Gasteiger partial charge in [-0.3, -0.25) is 10.1 Å². The molecule has 4 rings (SSSR count). The molecule has 0 saturated carbocycles. The van der Waals surface area contributed by atoms with Crippen molar-refractivity contribution < 1.29 is 4.92 Å². The highest BCUT2D eigenvalue weighted by Gasteiger charge is 2.40. The van der Waals surface area contributed by atoms with E-state index in [1.807, 2.05) is 18.2 Å². The van der Waals surface area contributed by atoms with Crippen LogP contribution in [0.4, 0.5) is 11.4 Å². The van der Waals surface area contributed by atoms with E-state index in [9.17, 15) is 10.1 Å². The van der Waals surface area contributed by atoms with Crippen LogP contribution in [-0.2, 0) is 0 Å². The van der Waals surface area contributed by atoms with Gasteiger partial charge in [0.1, 0.15) is 0 Å². The quantitative estimate of drug-likeness (QED) is 0.422. The van der Waals surface area contributed by atoms with Crippen LogP contribution in [0.25, 0.3) is 0 Å². The van der Waals surface area contributed by atoms with Gasteiger partial charge in [0.05, 0.1) is 11.0 Å². The molecular weight excluding hydrogens is 347 g/mol. The van der Waals surface area contributed by atoms with Crippen LogP contribution in [0.2, 0.25) is 10.0 Å².